The zero-order valence-corrected chi connectivity index (χ0v) is 23.1. The molecule has 0 amide bonds. The van der Waals surface area contributed by atoms with Crippen LogP contribution in [0.25, 0.3) is 49.9 Å². The fraction of sp³-hybridized carbons (Fsp3) is 0.150. The molecule has 40 heavy (non-hydrogen) atoms. The molecule has 0 aliphatic heterocycles. The number of allylic oxidation sites excluding steroid dienone is 1. The van der Waals surface area contributed by atoms with E-state index in [1.54, 1.807) is 5.57 Å². The van der Waals surface area contributed by atoms with Crippen LogP contribution in [0, 0.1) is 5.92 Å². The summed E-state index contributed by atoms with van der Waals surface area (Å²) < 4.78 is 0. The van der Waals surface area contributed by atoms with Gasteiger partial charge in [-0.05, 0) is 96.4 Å². The second-order valence-corrected chi connectivity index (χ2v) is 12.0. The highest BCUT2D eigenvalue weighted by Crippen LogP contribution is 2.51. The SMILES string of the molecule is CC(C)CC1=Cc2c(-c3cc4ccccc4c4ccccc34)cccc2C1c1cccc2c1Cc1ccccc1-2. The van der Waals surface area contributed by atoms with Crippen LogP contribution in [0.15, 0.2) is 121 Å². The summed E-state index contributed by atoms with van der Waals surface area (Å²) in [6.45, 7) is 4.70. The van der Waals surface area contributed by atoms with Crippen molar-refractivity contribution in [3.63, 3.8) is 0 Å². The molecule has 0 fully saturated rings. The van der Waals surface area contributed by atoms with Crippen molar-refractivity contribution in [3.8, 4) is 22.3 Å². The van der Waals surface area contributed by atoms with Crippen LogP contribution in [0.5, 0.6) is 0 Å². The Labute approximate surface area is 236 Å². The quantitative estimate of drug-likeness (QED) is 0.206. The van der Waals surface area contributed by atoms with E-state index in [9.17, 15) is 0 Å². The van der Waals surface area contributed by atoms with Crippen LogP contribution in [-0.2, 0) is 6.42 Å². The zero-order valence-electron chi connectivity index (χ0n) is 23.1. The summed E-state index contributed by atoms with van der Waals surface area (Å²) in [4.78, 5) is 0. The third-order valence-corrected chi connectivity index (χ3v) is 9.05. The summed E-state index contributed by atoms with van der Waals surface area (Å²) in [6.07, 6.45) is 4.67. The fourth-order valence-electron chi connectivity index (χ4n) is 7.44. The van der Waals surface area contributed by atoms with E-state index < -0.39 is 0 Å². The van der Waals surface area contributed by atoms with E-state index in [-0.39, 0.29) is 0 Å². The minimum atomic E-state index is 0.299. The molecule has 192 valence electrons. The monoisotopic (exact) mass is 512 g/mol. The topological polar surface area (TPSA) is 0 Å². The Morgan fingerprint density at radius 1 is 0.600 bits per heavy atom. The van der Waals surface area contributed by atoms with Crippen molar-refractivity contribution in [2.24, 2.45) is 5.92 Å². The minimum Gasteiger partial charge on any atom is -0.0625 e. The Kier molecular flexibility index (Phi) is 5.32. The molecule has 0 N–H and O–H groups in total. The molecule has 0 radical (unpaired) electrons. The molecule has 2 aliphatic carbocycles. The van der Waals surface area contributed by atoms with Gasteiger partial charge in [0.1, 0.15) is 0 Å². The first-order chi connectivity index (χ1) is 19.7. The lowest BCUT2D eigenvalue weighted by atomic mass is 9.81. The Morgan fingerprint density at radius 2 is 1.27 bits per heavy atom. The fourth-order valence-corrected chi connectivity index (χ4v) is 7.44. The summed E-state index contributed by atoms with van der Waals surface area (Å²) in [6, 6.07) is 43.1. The van der Waals surface area contributed by atoms with Crippen molar-refractivity contribution in [3.05, 3.63) is 149 Å². The van der Waals surface area contributed by atoms with Crippen molar-refractivity contribution in [2.45, 2.75) is 32.6 Å². The van der Waals surface area contributed by atoms with E-state index in [0.29, 0.717) is 11.8 Å². The number of rotatable bonds is 4. The van der Waals surface area contributed by atoms with Gasteiger partial charge >= 0.3 is 0 Å². The highest BCUT2D eigenvalue weighted by molar-refractivity contribution is 6.14. The highest BCUT2D eigenvalue weighted by atomic mass is 14.4. The Bertz CT molecular complexity index is 1980. The second-order valence-electron chi connectivity index (χ2n) is 12.0. The lowest BCUT2D eigenvalue weighted by Gasteiger charge is -2.22. The minimum absolute atomic E-state index is 0.299. The standard InChI is InChI=1S/C40H32/c1-25(2)21-28-24-39-34(37-22-26-11-3-5-13-29(26)31-15-7-8-16-33(31)37)18-10-20-36(39)40(28)35-19-9-17-32-30-14-6-4-12-27(30)23-38(32)35/h3-20,22,24-25,40H,21,23H2,1-2H3. The van der Waals surface area contributed by atoms with Crippen LogP contribution in [0.1, 0.15) is 54.0 Å². The molecule has 6 aromatic rings. The largest absolute Gasteiger partial charge is 0.0625 e. The van der Waals surface area contributed by atoms with Crippen molar-refractivity contribution >= 4 is 27.6 Å². The second kappa shape index (κ2) is 9.07. The number of hydrogen-bond donors (Lipinski definition) is 0. The van der Waals surface area contributed by atoms with Gasteiger partial charge in [0.05, 0.1) is 0 Å². The van der Waals surface area contributed by atoms with Gasteiger partial charge in [0.15, 0.2) is 0 Å². The van der Waals surface area contributed by atoms with E-state index >= 15 is 0 Å². The van der Waals surface area contributed by atoms with Crippen molar-refractivity contribution in [2.75, 3.05) is 0 Å². The van der Waals surface area contributed by atoms with Gasteiger partial charge in [0, 0.05) is 5.92 Å². The van der Waals surface area contributed by atoms with E-state index in [2.05, 4.69) is 135 Å². The third-order valence-electron chi connectivity index (χ3n) is 9.05. The normalized spacial score (nSPS) is 15.4. The summed E-state index contributed by atoms with van der Waals surface area (Å²) in [5, 5.41) is 5.27. The maximum atomic E-state index is 2.54. The van der Waals surface area contributed by atoms with Gasteiger partial charge in [-0.3, -0.25) is 0 Å². The first-order valence-corrected chi connectivity index (χ1v) is 14.6. The zero-order chi connectivity index (χ0) is 26.8. The lowest BCUT2D eigenvalue weighted by molar-refractivity contribution is 0.625. The summed E-state index contributed by atoms with van der Waals surface area (Å²) in [5.74, 6) is 0.898. The van der Waals surface area contributed by atoms with E-state index in [1.165, 1.54) is 71.6 Å². The maximum absolute atomic E-state index is 2.54. The number of hydrogen-bond acceptors (Lipinski definition) is 0. The number of benzene rings is 6. The van der Waals surface area contributed by atoms with Gasteiger partial charge in [0.25, 0.3) is 0 Å². The molecule has 0 saturated heterocycles. The molecule has 2 aliphatic rings. The summed E-state index contributed by atoms with van der Waals surface area (Å²) in [5.41, 5.74) is 14.4. The first kappa shape index (κ1) is 23.5. The molecule has 6 aromatic carbocycles. The molecular weight excluding hydrogens is 480 g/mol. The van der Waals surface area contributed by atoms with Gasteiger partial charge in [-0.15, -0.1) is 0 Å². The molecule has 1 atom stereocenters. The van der Waals surface area contributed by atoms with E-state index in [4.69, 9.17) is 0 Å². The molecule has 0 spiro atoms. The average molecular weight is 513 g/mol. The Balaban J connectivity index is 1.36. The van der Waals surface area contributed by atoms with Crippen LogP contribution in [-0.4, -0.2) is 0 Å². The van der Waals surface area contributed by atoms with Gasteiger partial charge in [-0.25, -0.2) is 0 Å². The third kappa shape index (κ3) is 3.52. The molecule has 1 unspecified atom stereocenters. The smallest absolute Gasteiger partial charge is 0.0311 e. The molecule has 0 saturated carbocycles. The highest BCUT2D eigenvalue weighted by Gasteiger charge is 2.33. The van der Waals surface area contributed by atoms with Crippen molar-refractivity contribution < 1.29 is 0 Å². The van der Waals surface area contributed by atoms with Crippen LogP contribution in [0.3, 0.4) is 0 Å². The molecule has 0 aromatic heterocycles. The molecule has 0 heteroatoms. The van der Waals surface area contributed by atoms with Crippen molar-refractivity contribution in [1.82, 2.24) is 0 Å². The maximum Gasteiger partial charge on any atom is 0.0311 e. The Hall–Kier alpha value is -4.42. The van der Waals surface area contributed by atoms with E-state index in [1.807, 2.05) is 0 Å². The van der Waals surface area contributed by atoms with Crippen LogP contribution in [0.4, 0.5) is 0 Å². The van der Waals surface area contributed by atoms with Gasteiger partial charge in [0.2, 0.25) is 0 Å². The molecule has 0 heterocycles. The average Bonchev–Trinajstić information content (AvgIpc) is 3.54. The predicted octanol–water partition coefficient (Wildman–Crippen LogP) is 10.8. The molecule has 8 rings (SSSR count). The van der Waals surface area contributed by atoms with Gasteiger partial charge in [-0.1, -0.05) is 135 Å². The van der Waals surface area contributed by atoms with Gasteiger partial charge in [-0.2, -0.15) is 0 Å². The summed E-state index contributed by atoms with van der Waals surface area (Å²) in [7, 11) is 0. The van der Waals surface area contributed by atoms with Crippen LogP contribution in [0.2, 0.25) is 0 Å². The van der Waals surface area contributed by atoms with Crippen LogP contribution >= 0.6 is 0 Å². The van der Waals surface area contributed by atoms with Crippen LogP contribution < -0.4 is 0 Å². The lowest BCUT2D eigenvalue weighted by Crippen LogP contribution is -2.07. The first-order valence-electron chi connectivity index (χ1n) is 14.6. The summed E-state index contributed by atoms with van der Waals surface area (Å²) >= 11 is 0. The molecule has 0 bridgehead atoms. The van der Waals surface area contributed by atoms with Crippen molar-refractivity contribution in [1.29, 1.82) is 0 Å². The number of fused-ring (bicyclic) bond motifs is 7. The molecular formula is C40H32. The predicted molar refractivity (Wildman–Crippen MR) is 171 cm³/mol. The Morgan fingerprint density at radius 3 is 2.12 bits per heavy atom. The molecule has 0 nitrogen and oxygen atoms in total. The van der Waals surface area contributed by atoms with Gasteiger partial charge < -0.3 is 0 Å². The van der Waals surface area contributed by atoms with E-state index in [0.717, 1.165) is 12.8 Å².